The molecule has 0 spiro atoms. The van der Waals surface area contributed by atoms with Crippen molar-refractivity contribution in [3.05, 3.63) is 65.9 Å². The number of hydrogen-bond acceptors (Lipinski definition) is 3. The van der Waals surface area contributed by atoms with E-state index >= 15 is 8.78 Å². The lowest BCUT2D eigenvalue weighted by molar-refractivity contribution is -0.222. The minimum Gasteiger partial charge on any atom is -0.389 e. The van der Waals surface area contributed by atoms with Gasteiger partial charge in [0, 0.05) is 40.5 Å². The molecule has 0 saturated carbocycles. The van der Waals surface area contributed by atoms with E-state index in [0.717, 1.165) is 5.52 Å². The molecule has 1 atom stereocenters. The van der Waals surface area contributed by atoms with Crippen LogP contribution in [-0.2, 0) is 22.9 Å². The molecule has 0 amide bonds. The lowest BCUT2D eigenvalue weighted by Crippen LogP contribution is -2.49. The molecule has 2 aromatic carbocycles. The summed E-state index contributed by atoms with van der Waals surface area (Å²) < 4.78 is 40.6. The highest BCUT2D eigenvalue weighted by Gasteiger charge is 2.72. The third kappa shape index (κ3) is 2.50. The van der Waals surface area contributed by atoms with E-state index in [2.05, 4.69) is 0 Å². The maximum atomic E-state index is 16.2. The zero-order valence-electron chi connectivity index (χ0n) is 17.6. The first kappa shape index (κ1) is 19.5. The van der Waals surface area contributed by atoms with Gasteiger partial charge in [0.25, 0.3) is 0 Å². The third-order valence-electron chi connectivity index (χ3n) is 6.01. The van der Waals surface area contributed by atoms with Crippen LogP contribution in [0, 0.1) is 0 Å². The number of rotatable bonds is 3. The first-order chi connectivity index (χ1) is 14.0. The Hall–Kier alpha value is -2.44. The maximum absolute atomic E-state index is 16.2. The molecule has 5 rings (SSSR count). The van der Waals surface area contributed by atoms with Crippen LogP contribution in [0.3, 0.4) is 0 Å². The van der Waals surface area contributed by atoms with Crippen molar-refractivity contribution in [2.24, 2.45) is 0 Å². The average molecular weight is 412 g/mol. The summed E-state index contributed by atoms with van der Waals surface area (Å²) in [6.07, 6.45) is 1.73. The van der Waals surface area contributed by atoms with Crippen LogP contribution in [0.15, 0.2) is 54.7 Å². The molecule has 1 fully saturated rings. The normalized spacial score (nSPS) is 24.3. The summed E-state index contributed by atoms with van der Waals surface area (Å²) in [5.41, 5.74) is -1.97. The number of halogens is 2. The zero-order chi connectivity index (χ0) is 21.5. The number of benzene rings is 2. The third-order valence-corrected chi connectivity index (χ3v) is 6.01. The minimum atomic E-state index is -3.25. The van der Waals surface area contributed by atoms with Gasteiger partial charge in [-0.25, -0.2) is 0 Å². The maximum Gasteiger partial charge on any atom is 0.326 e. The van der Waals surface area contributed by atoms with Gasteiger partial charge >= 0.3 is 5.92 Å². The van der Waals surface area contributed by atoms with Crippen LogP contribution in [0.25, 0.3) is 10.9 Å². The Morgan fingerprint density at radius 3 is 2.43 bits per heavy atom. The number of nitrogens with zero attached hydrogens (tertiary/aromatic N) is 2. The predicted octanol–water partition coefficient (Wildman–Crippen LogP) is 4.99. The fourth-order valence-electron chi connectivity index (χ4n) is 5.06. The predicted molar refractivity (Wildman–Crippen MR) is 113 cm³/mol. The molecule has 158 valence electrons. The molecule has 0 radical (unpaired) electrons. The van der Waals surface area contributed by atoms with Crippen LogP contribution in [0.2, 0.25) is 0 Å². The van der Waals surface area contributed by atoms with Gasteiger partial charge in [-0.3, -0.25) is 0 Å². The molecule has 2 aliphatic rings. The zero-order valence-corrected chi connectivity index (χ0v) is 17.6. The Bertz CT molecular complexity index is 1150. The number of para-hydroxylation sites is 2. The molecule has 6 heteroatoms. The summed E-state index contributed by atoms with van der Waals surface area (Å²) >= 11 is 0. The van der Waals surface area contributed by atoms with Crippen LogP contribution in [0.5, 0.6) is 0 Å². The van der Waals surface area contributed by atoms with Gasteiger partial charge < -0.3 is 19.3 Å². The van der Waals surface area contributed by atoms with Crippen molar-refractivity contribution >= 4 is 16.6 Å². The molecule has 3 heterocycles. The van der Waals surface area contributed by atoms with Crippen molar-refractivity contribution in [2.45, 2.75) is 57.1 Å². The first-order valence-corrected chi connectivity index (χ1v) is 10.2. The molecular formula is C24H26F2N2O2. The van der Waals surface area contributed by atoms with Crippen LogP contribution in [0.1, 0.15) is 38.8 Å². The lowest BCUT2D eigenvalue weighted by Gasteiger charge is -2.37. The number of anilines is 1. The molecule has 2 aliphatic heterocycles. The van der Waals surface area contributed by atoms with Crippen LogP contribution in [-0.4, -0.2) is 27.4 Å². The van der Waals surface area contributed by atoms with E-state index in [1.807, 2.05) is 42.7 Å². The highest BCUT2D eigenvalue weighted by molar-refractivity contribution is 5.87. The van der Waals surface area contributed by atoms with Gasteiger partial charge in [0.15, 0.2) is 0 Å². The summed E-state index contributed by atoms with van der Waals surface area (Å²) in [6, 6.07) is 14.1. The summed E-state index contributed by atoms with van der Waals surface area (Å²) in [5.74, 6) is -3.25. The fourth-order valence-corrected chi connectivity index (χ4v) is 5.06. The van der Waals surface area contributed by atoms with Crippen molar-refractivity contribution in [3.63, 3.8) is 0 Å². The largest absolute Gasteiger partial charge is 0.389 e. The number of ether oxygens (including phenoxy) is 1. The van der Waals surface area contributed by atoms with Gasteiger partial charge in [-0.1, -0.05) is 36.4 Å². The molecule has 4 nitrogen and oxygen atoms in total. The molecule has 1 aromatic heterocycles. The Balaban J connectivity index is 1.82. The second-order valence-electron chi connectivity index (χ2n) is 9.68. The van der Waals surface area contributed by atoms with Crippen molar-refractivity contribution < 1.29 is 18.6 Å². The molecule has 1 N–H and O–H groups in total. The molecule has 3 aromatic rings. The van der Waals surface area contributed by atoms with Crippen molar-refractivity contribution in [1.29, 1.82) is 0 Å². The number of fused-ring (bicyclic) bond motifs is 4. The highest BCUT2D eigenvalue weighted by atomic mass is 19.3. The summed E-state index contributed by atoms with van der Waals surface area (Å²) in [4.78, 5) is 1.72. The Labute approximate surface area is 174 Å². The standard InChI is InChI=1S/C24H26F2N2O2/c1-21(2,29)14-27-13-18(16-9-5-7-11-19(16)27)24-23(25,26)17-10-6-8-12-20(17)28(24)15-22(3,4)30-24/h5-13,29H,14-15H2,1-4H3. The van der Waals surface area contributed by atoms with E-state index in [4.69, 9.17) is 4.74 Å². The second-order valence-corrected chi connectivity index (χ2v) is 9.68. The lowest BCUT2D eigenvalue weighted by atomic mass is 9.93. The van der Waals surface area contributed by atoms with Gasteiger partial charge in [0.1, 0.15) is 0 Å². The number of alkyl halides is 2. The van der Waals surface area contributed by atoms with E-state index in [1.54, 1.807) is 43.1 Å². The van der Waals surface area contributed by atoms with Gasteiger partial charge in [-0.05, 0) is 39.8 Å². The van der Waals surface area contributed by atoms with Crippen molar-refractivity contribution in [3.8, 4) is 0 Å². The van der Waals surface area contributed by atoms with Crippen LogP contribution < -0.4 is 4.90 Å². The SMILES string of the molecule is CC(C)(O)Cn1cc(C23OC(C)(C)CN2c2ccccc2C3(F)F)c2ccccc21. The van der Waals surface area contributed by atoms with Crippen LogP contribution in [0.4, 0.5) is 14.5 Å². The van der Waals surface area contributed by atoms with E-state index in [-0.39, 0.29) is 12.1 Å². The van der Waals surface area contributed by atoms with Gasteiger partial charge in [-0.2, -0.15) is 8.78 Å². The van der Waals surface area contributed by atoms with Gasteiger partial charge in [-0.15, -0.1) is 0 Å². The molecular weight excluding hydrogens is 386 g/mol. The van der Waals surface area contributed by atoms with E-state index in [0.29, 0.717) is 23.2 Å². The number of aromatic nitrogens is 1. The number of aliphatic hydroxyl groups is 1. The Morgan fingerprint density at radius 1 is 1.03 bits per heavy atom. The second kappa shape index (κ2) is 5.83. The molecule has 0 aliphatic carbocycles. The van der Waals surface area contributed by atoms with Gasteiger partial charge in [0.2, 0.25) is 5.72 Å². The summed E-state index contributed by atoms with van der Waals surface area (Å²) in [7, 11) is 0. The average Bonchev–Trinajstić information content (AvgIpc) is 3.21. The molecule has 30 heavy (non-hydrogen) atoms. The van der Waals surface area contributed by atoms with Crippen molar-refractivity contribution in [1.82, 2.24) is 4.57 Å². The Kier molecular flexibility index (Phi) is 3.79. The quantitative estimate of drug-likeness (QED) is 0.659. The minimum absolute atomic E-state index is 0.0141. The molecule has 1 unspecified atom stereocenters. The van der Waals surface area contributed by atoms with E-state index in [9.17, 15) is 5.11 Å². The first-order valence-electron chi connectivity index (χ1n) is 10.2. The molecule has 1 saturated heterocycles. The topological polar surface area (TPSA) is 37.6 Å². The van der Waals surface area contributed by atoms with E-state index in [1.165, 1.54) is 6.07 Å². The van der Waals surface area contributed by atoms with Crippen molar-refractivity contribution in [2.75, 3.05) is 11.4 Å². The number of hydrogen-bond donors (Lipinski definition) is 1. The summed E-state index contributed by atoms with van der Waals surface area (Å²) in [6.45, 7) is 7.75. The van der Waals surface area contributed by atoms with Gasteiger partial charge in [0.05, 0.1) is 17.7 Å². The fraction of sp³-hybridized carbons (Fsp3) is 0.417. The van der Waals surface area contributed by atoms with E-state index < -0.39 is 22.8 Å². The smallest absolute Gasteiger partial charge is 0.326 e. The highest BCUT2D eigenvalue weighted by Crippen LogP contribution is 2.64. The van der Waals surface area contributed by atoms with Crippen LogP contribution >= 0.6 is 0 Å². The summed E-state index contributed by atoms with van der Waals surface area (Å²) in [5, 5.41) is 11.1. The molecule has 0 bridgehead atoms. The Morgan fingerprint density at radius 2 is 1.70 bits per heavy atom. The monoisotopic (exact) mass is 412 g/mol.